The van der Waals surface area contributed by atoms with Crippen LogP contribution >= 0.6 is 0 Å². The van der Waals surface area contributed by atoms with Gasteiger partial charge in [-0.2, -0.15) is 0 Å². The molecule has 1 heterocycles. The van der Waals surface area contributed by atoms with Crippen molar-refractivity contribution in [1.82, 2.24) is 4.57 Å². The zero-order valence-electron chi connectivity index (χ0n) is 18.0. The van der Waals surface area contributed by atoms with Crippen molar-refractivity contribution in [2.24, 2.45) is 5.41 Å². The molecular formula is C24H26FNO4S. The van der Waals surface area contributed by atoms with Crippen LogP contribution in [-0.2, 0) is 21.1 Å². The van der Waals surface area contributed by atoms with E-state index in [0.717, 1.165) is 34.5 Å². The van der Waals surface area contributed by atoms with E-state index in [1.54, 1.807) is 50.2 Å². The number of aromatic nitrogens is 1. The minimum absolute atomic E-state index is 0.233. The number of hydrogen-bond acceptors (Lipinski definition) is 3. The molecule has 3 aromatic rings. The maximum Gasteiger partial charge on any atom is 0.309 e. The monoisotopic (exact) mass is 443 g/mol. The van der Waals surface area contributed by atoms with Gasteiger partial charge < -0.3 is 9.67 Å². The molecule has 164 valence electrons. The molecule has 0 bridgehead atoms. The van der Waals surface area contributed by atoms with Gasteiger partial charge >= 0.3 is 5.97 Å². The van der Waals surface area contributed by atoms with Crippen LogP contribution in [0.25, 0.3) is 16.9 Å². The average Bonchev–Trinajstić information content (AvgIpc) is 3.03. The van der Waals surface area contributed by atoms with Gasteiger partial charge in [0.05, 0.1) is 16.0 Å². The summed E-state index contributed by atoms with van der Waals surface area (Å²) < 4.78 is 39.1. The summed E-state index contributed by atoms with van der Waals surface area (Å²) in [7, 11) is -3.31. The highest BCUT2D eigenvalue weighted by Crippen LogP contribution is 2.33. The molecule has 0 radical (unpaired) electrons. The van der Waals surface area contributed by atoms with Gasteiger partial charge in [-0.3, -0.25) is 4.79 Å². The molecule has 31 heavy (non-hydrogen) atoms. The Kier molecular flexibility index (Phi) is 6.09. The molecule has 0 spiro atoms. The molecule has 0 aliphatic carbocycles. The lowest BCUT2D eigenvalue weighted by Gasteiger charge is -2.18. The third-order valence-electron chi connectivity index (χ3n) is 5.61. The van der Waals surface area contributed by atoms with E-state index in [-0.39, 0.29) is 10.7 Å². The van der Waals surface area contributed by atoms with Crippen LogP contribution in [0.15, 0.2) is 59.5 Å². The van der Waals surface area contributed by atoms with Gasteiger partial charge in [-0.15, -0.1) is 0 Å². The van der Waals surface area contributed by atoms with Crippen molar-refractivity contribution in [2.45, 2.75) is 38.5 Å². The Bertz CT molecular complexity index is 1210. The average molecular weight is 444 g/mol. The molecule has 0 amide bonds. The third kappa shape index (κ3) is 4.88. The molecule has 0 unspecified atom stereocenters. The highest BCUT2D eigenvalue weighted by molar-refractivity contribution is 7.90. The van der Waals surface area contributed by atoms with Crippen LogP contribution in [0.3, 0.4) is 0 Å². The maximum absolute atomic E-state index is 13.5. The summed E-state index contributed by atoms with van der Waals surface area (Å²) in [6.07, 6.45) is 2.19. The molecule has 0 saturated heterocycles. The Morgan fingerprint density at radius 1 is 1.06 bits per heavy atom. The predicted molar refractivity (Wildman–Crippen MR) is 119 cm³/mol. The fourth-order valence-electron chi connectivity index (χ4n) is 3.47. The largest absolute Gasteiger partial charge is 0.481 e. The summed E-state index contributed by atoms with van der Waals surface area (Å²) in [6.45, 7) is 5.35. The molecule has 0 fully saturated rings. The molecule has 7 heteroatoms. The zero-order valence-corrected chi connectivity index (χ0v) is 18.8. The number of sulfone groups is 1. The second kappa shape index (κ2) is 8.30. The van der Waals surface area contributed by atoms with Gasteiger partial charge in [0.1, 0.15) is 5.82 Å². The van der Waals surface area contributed by atoms with Gasteiger partial charge in [-0.05, 0) is 87.2 Å². The highest BCUT2D eigenvalue weighted by atomic mass is 32.2. The normalized spacial score (nSPS) is 12.2. The topological polar surface area (TPSA) is 76.4 Å². The van der Waals surface area contributed by atoms with E-state index in [1.165, 1.54) is 12.1 Å². The molecule has 5 nitrogen and oxygen atoms in total. The van der Waals surface area contributed by atoms with Gasteiger partial charge in [0.25, 0.3) is 0 Å². The molecule has 0 saturated carbocycles. The lowest BCUT2D eigenvalue weighted by atomic mass is 9.86. The summed E-state index contributed by atoms with van der Waals surface area (Å²) in [6, 6.07) is 14.8. The first-order valence-electron chi connectivity index (χ1n) is 9.91. The van der Waals surface area contributed by atoms with Crippen molar-refractivity contribution in [2.75, 3.05) is 6.26 Å². The number of aryl methyl sites for hydroxylation is 1. The first-order valence-corrected chi connectivity index (χ1v) is 11.8. The zero-order chi connectivity index (χ0) is 23.0. The minimum atomic E-state index is -3.31. The number of rotatable bonds is 7. The van der Waals surface area contributed by atoms with Crippen LogP contribution < -0.4 is 0 Å². The maximum atomic E-state index is 13.5. The quantitative estimate of drug-likeness (QED) is 0.555. The molecule has 0 aliphatic rings. The first-order chi connectivity index (χ1) is 14.4. The van der Waals surface area contributed by atoms with Gasteiger partial charge in [-0.1, -0.05) is 12.1 Å². The fourth-order valence-corrected chi connectivity index (χ4v) is 4.10. The van der Waals surface area contributed by atoms with Crippen LogP contribution in [0.2, 0.25) is 0 Å². The number of aliphatic carboxylic acids is 1. The second-order valence-corrected chi connectivity index (χ2v) is 10.5. The van der Waals surface area contributed by atoms with E-state index >= 15 is 0 Å². The molecule has 0 aliphatic heterocycles. The third-order valence-corrected chi connectivity index (χ3v) is 6.74. The van der Waals surface area contributed by atoms with E-state index in [2.05, 4.69) is 0 Å². The molecule has 2 aromatic carbocycles. The van der Waals surface area contributed by atoms with Crippen LogP contribution in [0, 0.1) is 18.2 Å². The summed E-state index contributed by atoms with van der Waals surface area (Å²) in [5.74, 6) is -1.18. The Morgan fingerprint density at radius 3 is 2.16 bits per heavy atom. The van der Waals surface area contributed by atoms with Crippen LogP contribution in [0.5, 0.6) is 0 Å². The van der Waals surface area contributed by atoms with Gasteiger partial charge in [0, 0.05) is 17.6 Å². The standard InChI is InChI=1S/C24H26FNO4S/c1-16-18(13-14-24(2,3)23(27)28)15-22(26(16)20-9-7-19(25)8-10-20)17-5-11-21(12-6-17)31(4,29)30/h5-12,15H,13-14H2,1-4H3,(H,27,28). The van der Waals surface area contributed by atoms with Crippen LogP contribution in [-0.4, -0.2) is 30.3 Å². The van der Waals surface area contributed by atoms with E-state index in [1.807, 2.05) is 17.6 Å². The van der Waals surface area contributed by atoms with Crippen molar-refractivity contribution in [3.8, 4) is 16.9 Å². The highest BCUT2D eigenvalue weighted by Gasteiger charge is 2.27. The SMILES string of the molecule is Cc1c(CCC(C)(C)C(=O)O)cc(-c2ccc(S(C)(=O)=O)cc2)n1-c1ccc(F)cc1. The van der Waals surface area contributed by atoms with Crippen LogP contribution in [0.1, 0.15) is 31.5 Å². The lowest BCUT2D eigenvalue weighted by Crippen LogP contribution is -2.24. The molecule has 0 atom stereocenters. The summed E-state index contributed by atoms with van der Waals surface area (Å²) >= 11 is 0. The molecule has 1 aromatic heterocycles. The number of benzene rings is 2. The molecular weight excluding hydrogens is 417 g/mol. The Hall–Kier alpha value is -2.93. The van der Waals surface area contributed by atoms with E-state index in [9.17, 15) is 22.7 Å². The Labute approximate surface area is 182 Å². The van der Waals surface area contributed by atoms with Crippen molar-refractivity contribution >= 4 is 15.8 Å². The first kappa shape index (κ1) is 22.7. The predicted octanol–water partition coefficient (Wildman–Crippen LogP) is 5.04. The van der Waals surface area contributed by atoms with Crippen molar-refractivity contribution in [1.29, 1.82) is 0 Å². The Morgan fingerprint density at radius 2 is 1.65 bits per heavy atom. The van der Waals surface area contributed by atoms with E-state index in [0.29, 0.717) is 12.8 Å². The number of nitrogens with zero attached hydrogens (tertiary/aromatic N) is 1. The van der Waals surface area contributed by atoms with Crippen molar-refractivity contribution in [3.63, 3.8) is 0 Å². The minimum Gasteiger partial charge on any atom is -0.481 e. The van der Waals surface area contributed by atoms with Gasteiger partial charge in [-0.25, -0.2) is 12.8 Å². The molecule has 1 N–H and O–H groups in total. The number of carboxylic acid groups (broad SMARTS) is 1. The smallest absolute Gasteiger partial charge is 0.309 e. The number of hydrogen-bond donors (Lipinski definition) is 1. The van der Waals surface area contributed by atoms with E-state index in [4.69, 9.17) is 0 Å². The van der Waals surface area contributed by atoms with Gasteiger partial charge in [0.15, 0.2) is 9.84 Å². The van der Waals surface area contributed by atoms with Crippen molar-refractivity contribution < 1.29 is 22.7 Å². The number of carboxylic acids is 1. The fraction of sp³-hybridized carbons (Fsp3) is 0.292. The lowest BCUT2D eigenvalue weighted by molar-refractivity contribution is -0.147. The summed E-state index contributed by atoms with van der Waals surface area (Å²) in [4.78, 5) is 11.7. The van der Waals surface area contributed by atoms with Crippen LogP contribution in [0.4, 0.5) is 4.39 Å². The summed E-state index contributed by atoms with van der Waals surface area (Å²) in [5.41, 5.74) is 3.46. The molecule has 3 rings (SSSR count). The summed E-state index contributed by atoms with van der Waals surface area (Å²) in [5, 5.41) is 9.43. The number of halogens is 1. The van der Waals surface area contributed by atoms with E-state index < -0.39 is 21.2 Å². The van der Waals surface area contributed by atoms with Gasteiger partial charge in [0.2, 0.25) is 0 Å². The Balaban J connectivity index is 2.10. The second-order valence-electron chi connectivity index (χ2n) is 8.44. The van der Waals surface area contributed by atoms with Crippen molar-refractivity contribution in [3.05, 3.63) is 71.7 Å². The number of carbonyl (C=O) groups is 1.